The van der Waals surface area contributed by atoms with Gasteiger partial charge in [0.15, 0.2) is 0 Å². The van der Waals surface area contributed by atoms with Crippen molar-refractivity contribution in [2.75, 3.05) is 53.6 Å². The molecule has 244 valence electrons. The van der Waals surface area contributed by atoms with Crippen LogP contribution in [0.5, 0.6) is 0 Å². The minimum Gasteiger partial charge on any atom is -0.463 e. The van der Waals surface area contributed by atoms with Crippen molar-refractivity contribution in [2.24, 2.45) is 0 Å². The van der Waals surface area contributed by atoms with Crippen LogP contribution in [0.15, 0.2) is 60.7 Å². The maximum atomic E-state index is 12.4. The third-order valence-electron chi connectivity index (χ3n) is 6.88. The number of ether oxygens (including phenoxy) is 4. The minimum atomic E-state index is -0.427. The number of esters is 4. The van der Waals surface area contributed by atoms with E-state index in [4.69, 9.17) is 18.9 Å². The van der Waals surface area contributed by atoms with Crippen molar-refractivity contribution >= 4 is 36.0 Å². The summed E-state index contributed by atoms with van der Waals surface area (Å²) < 4.78 is 21.7. The van der Waals surface area contributed by atoms with E-state index in [9.17, 15) is 19.2 Å². The van der Waals surface area contributed by atoms with E-state index in [1.165, 1.54) is 12.2 Å². The number of hydrogen-bond donors (Lipinski definition) is 0. The van der Waals surface area contributed by atoms with Gasteiger partial charge in [-0.25, -0.2) is 19.2 Å². The zero-order valence-electron chi connectivity index (χ0n) is 27.1. The number of carbonyl (C=O) groups excluding carboxylic acids is 4. The van der Waals surface area contributed by atoms with E-state index < -0.39 is 11.9 Å². The van der Waals surface area contributed by atoms with Gasteiger partial charge in [0.05, 0.1) is 64.7 Å². The van der Waals surface area contributed by atoms with Crippen LogP contribution in [-0.4, -0.2) is 82.0 Å². The second-order valence-corrected chi connectivity index (χ2v) is 11.3. The van der Waals surface area contributed by atoms with Gasteiger partial charge >= 0.3 is 23.9 Å². The Labute approximate surface area is 267 Å². The third-order valence-corrected chi connectivity index (χ3v) is 6.88. The highest BCUT2D eigenvalue weighted by Gasteiger charge is 2.16. The number of quaternary nitrogens is 1. The van der Waals surface area contributed by atoms with Crippen molar-refractivity contribution in [3.05, 3.63) is 82.9 Å². The Bertz CT molecular complexity index is 1260. The molecule has 0 spiro atoms. The predicted octanol–water partition coefficient (Wildman–Crippen LogP) is 6.27. The highest BCUT2D eigenvalue weighted by molar-refractivity contribution is 5.91. The van der Waals surface area contributed by atoms with E-state index in [0.717, 1.165) is 49.9 Å². The molecule has 0 N–H and O–H groups in total. The molecule has 0 aromatic heterocycles. The average molecular weight is 623 g/mol. The number of hydrogen-bond acceptors (Lipinski definition) is 8. The molecule has 9 nitrogen and oxygen atoms in total. The third kappa shape index (κ3) is 15.9. The Balaban J connectivity index is 1.62. The molecular formula is C36H48NO8+. The molecule has 0 aliphatic rings. The maximum Gasteiger partial charge on any atom is 0.338 e. The molecular weight excluding hydrogens is 574 g/mol. The Morgan fingerprint density at radius 2 is 0.911 bits per heavy atom. The highest BCUT2D eigenvalue weighted by Crippen LogP contribution is 2.10. The summed E-state index contributed by atoms with van der Waals surface area (Å²) in [6, 6.07) is 13.7. The van der Waals surface area contributed by atoms with E-state index in [-0.39, 0.29) is 11.9 Å². The highest BCUT2D eigenvalue weighted by atomic mass is 16.5. The number of carbonyl (C=O) groups is 4. The molecule has 0 radical (unpaired) electrons. The lowest BCUT2D eigenvalue weighted by molar-refractivity contribution is -0.890. The summed E-state index contributed by atoms with van der Waals surface area (Å²) in [7, 11) is 4.16. The first-order chi connectivity index (χ1) is 21.6. The molecule has 0 fully saturated rings. The van der Waals surface area contributed by atoms with Crippen molar-refractivity contribution in [3.8, 4) is 0 Å². The molecule has 45 heavy (non-hydrogen) atoms. The summed E-state index contributed by atoms with van der Waals surface area (Å²) >= 11 is 0. The van der Waals surface area contributed by atoms with Gasteiger partial charge in [0, 0.05) is 25.0 Å². The van der Waals surface area contributed by atoms with Gasteiger partial charge in [-0.1, -0.05) is 51.0 Å². The van der Waals surface area contributed by atoms with E-state index in [0.29, 0.717) is 54.9 Å². The normalized spacial score (nSPS) is 11.5. The Kier molecular flexibility index (Phi) is 17.0. The Morgan fingerprint density at radius 1 is 0.556 bits per heavy atom. The number of benzene rings is 2. The van der Waals surface area contributed by atoms with Crippen LogP contribution in [0.1, 0.15) is 84.2 Å². The molecule has 2 rings (SSSR count). The van der Waals surface area contributed by atoms with Crippen molar-refractivity contribution < 1.29 is 42.6 Å². The molecule has 0 aliphatic heterocycles. The summed E-state index contributed by atoms with van der Waals surface area (Å²) in [5, 5.41) is 0. The molecule has 0 unspecified atom stereocenters. The number of rotatable bonds is 20. The molecule has 0 saturated carbocycles. The van der Waals surface area contributed by atoms with Crippen LogP contribution in [0.3, 0.4) is 0 Å². The molecule has 0 aliphatic carbocycles. The van der Waals surface area contributed by atoms with Gasteiger partial charge in [-0.2, -0.15) is 0 Å². The summed E-state index contributed by atoms with van der Waals surface area (Å²) in [5.74, 6) is -1.55. The van der Waals surface area contributed by atoms with Crippen molar-refractivity contribution in [2.45, 2.75) is 52.4 Å². The topological polar surface area (TPSA) is 105 Å². The Morgan fingerprint density at radius 3 is 1.31 bits per heavy atom. The van der Waals surface area contributed by atoms with E-state index in [1.807, 2.05) is 13.8 Å². The zero-order valence-corrected chi connectivity index (χ0v) is 27.1. The Hall–Kier alpha value is -4.24. The zero-order chi connectivity index (χ0) is 32.9. The molecule has 0 amide bonds. The van der Waals surface area contributed by atoms with Gasteiger partial charge in [0.2, 0.25) is 0 Å². The summed E-state index contributed by atoms with van der Waals surface area (Å²) in [4.78, 5) is 48.2. The maximum absolute atomic E-state index is 12.4. The fourth-order valence-corrected chi connectivity index (χ4v) is 4.11. The lowest BCUT2D eigenvalue weighted by atomic mass is 10.1. The molecule has 9 heteroatoms. The smallest absolute Gasteiger partial charge is 0.338 e. The largest absolute Gasteiger partial charge is 0.463 e. The molecule has 2 aromatic rings. The van der Waals surface area contributed by atoms with Crippen LogP contribution < -0.4 is 0 Å². The SMILES string of the molecule is CCCCOC(=O)/C=C/c1ccc(C(=O)OCCC[N+](C)(C)CCCOC(=O)/C=C/c2ccc(C(=O)OCCCC)cc2)cc1. The van der Waals surface area contributed by atoms with Gasteiger partial charge in [-0.15, -0.1) is 0 Å². The minimum absolute atomic E-state index is 0.298. The van der Waals surface area contributed by atoms with Crippen LogP contribution >= 0.6 is 0 Å². The van der Waals surface area contributed by atoms with Crippen LogP contribution in [0.2, 0.25) is 0 Å². The van der Waals surface area contributed by atoms with Gasteiger partial charge < -0.3 is 23.4 Å². The van der Waals surface area contributed by atoms with Gasteiger partial charge in [0.25, 0.3) is 0 Å². The van der Waals surface area contributed by atoms with Gasteiger partial charge in [-0.3, -0.25) is 0 Å². The molecule has 0 atom stereocenters. The van der Waals surface area contributed by atoms with Crippen molar-refractivity contribution in [3.63, 3.8) is 0 Å². The van der Waals surface area contributed by atoms with Gasteiger partial charge in [0.1, 0.15) is 0 Å². The standard InChI is InChI=1S/C36H48NO8/c1-5-7-25-42-33(38)21-15-29-13-19-32(20-14-29)36(41)45-28-10-24-37(3,4)23-9-27-43-34(39)22-16-30-11-17-31(18-12-30)35(40)44-26-8-6-2/h11-22H,5-10,23-28H2,1-4H3/q+1/b21-15+,22-16+. The van der Waals surface area contributed by atoms with Crippen molar-refractivity contribution in [1.82, 2.24) is 0 Å². The predicted molar refractivity (Wildman–Crippen MR) is 174 cm³/mol. The second kappa shape index (κ2) is 20.7. The second-order valence-electron chi connectivity index (χ2n) is 11.3. The monoisotopic (exact) mass is 622 g/mol. The summed E-state index contributed by atoms with van der Waals surface area (Å²) in [6.45, 7) is 7.07. The lowest BCUT2D eigenvalue weighted by Crippen LogP contribution is -2.42. The van der Waals surface area contributed by atoms with Gasteiger partial charge in [-0.05, 0) is 60.4 Å². The molecule has 0 bridgehead atoms. The molecule has 0 heterocycles. The van der Waals surface area contributed by atoms with Crippen LogP contribution in [-0.2, 0) is 28.5 Å². The molecule has 2 aromatic carbocycles. The quantitative estimate of drug-likeness (QED) is 0.0560. The van der Waals surface area contributed by atoms with Crippen LogP contribution in [0, 0.1) is 0 Å². The van der Waals surface area contributed by atoms with Crippen LogP contribution in [0.4, 0.5) is 0 Å². The lowest BCUT2D eigenvalue weighted by Gasteiger charge is -2.29. The van der Waals surface area contributed by atoms with Crippen molar-refractivity contribution in [1.29, 1.82) is 0 Å². The summed E-state index contributed by atoms with van der Waals surface area (Å²) in [6.07, 6.45) is 11.0. The van der Waals surface area contributed by atoms with E-state index in [2.05, 4.69) is 14.1 Å². The number of nitrogens with zero attached hydrogens (tertiary/aromatic N) is 1. The first-order valence-corrected chi connectivity index (χ1v) is 15.7. The number of unbranched alkanes of at least 4 members (excludes halogenated alkanes) is 2. The fourth-order valence-electron chi connectivity index (χ4n) is 4.11. The fraction of sp³-hybridized carbons (Fsp3) is 0.444. The summed E-state index contributed by atoms with van der Waals surface area (Å²) in [5.41, 5.74) is 2.49. The first-order valence-electron chi connectivity index (χ1n) is 15.7. The van der Waals surface area contributed by atoms with Crippen LogP contribution in [0.25, 0.3) is 12.2 Å². The van der Waals surface area contributed by atoms with E-state index >= 15 is 0 Å². The molecule has 0 saturated heterocycles. The average Bonchev–Trinajstić information content (AvgIpc) is 3.03. The van der Waals surface area contributed by atoms with E-state index in [1.54, 1.807) is 60.7 Å². The first kappa shape index (κ1) is 36.9.